The van der Waals surface area contributed by atoms with Gasteiger partial charge in [0.2, 0.25) is 0 Å². The minimum absolute atomic E-state index is 0.0188. The lowest BCUT2D eigenvalue weighted by Crippen LogP contribution is -2.38. The molecule has 1 aliphatic rings. The van der Waals surface area contributed by atoms with E-state index in [0.717, 1.165) is 37.2 Å². The molecule has 8 nitrogen and oxygen atoms in total. The van der Waals surface area contributed by atoms with Gasteiger partial charge in [0.15, 0.2) is 6.61 Å². The Morgan fingerprint density at radius 3 is 2.31 bits per heavy atom. The predicted octanol–water partition coefficient (Wildman–Crippen LogP) is 2.94. The van der Waals surface area contributed by atoms with E-state index in [4.69, 9.17) is 9.47 Å². The number of hydrogen-bond acceptors (Lipinski definition) is 6. The van der Waals surface area contributed by atoms with E-state index >= 15 is 0 Å². The molecule has 1 N–H and O–H groups in total. The Hall–Kier alpha value is -3.13. The molecule has 0 bridgehead atoms. The Bertz CT molecular complexity index is 817. The average Bonchev–Trinajstić information content (AvgIpc) is 3.27. The van der Waals surface area contributed by atoms with E-state index in [-0.39, 0.29) is 24.2 Å². The van der Waals surface area contributed by atoms with Crippen LogP contribution in [-0.2, 0) is 4.79 Å². The normalized spacial score (nSPS) is 14.9. The summed E-state index contributed by atoms with van der Waals surface area (Å²) in [7, 11) is 1.64. The smallest absolute Gasteiger partial charge is 0.269 e. The number of hydrogen-bond donors (Lipinski definition) is 1. The van der Waals surface area contributed by atoms with Gasteiger partial charge >= 0.3 is 0 Å². The molecule has 154 valence electrons. The Kier molecular flexibility index (Phi) is 7.02. The van der Waals surface area contributed by atoms with Crippen molar-refractivity contribution in [2.75, 3.05) is 33.4 Å². The highest BCUT2D eigenvalue weighted by molar-refractivity contribution is 5.77. The third-order valence-electron chi connectivity index (χ3n) is 4.99. The summed E-state index contributed by atoms with van der Waals surface area (Å²) in [5, 5.41) is 13.6. The maximum Gasteiger partial charge on any atom is 0.269 e. The van der Waals surface area contributed by atoms with Crippen molar-refractivity contribution in [3.8, 4) is 11.5 Å². The lowest BCUT2D eigenvalue weighted by Gasteiger charge is -2.28. The van der Waals surface area contributed by atoms with Crippen molar-refractivity contribution in [2.45, 2.75) is 18.9 Å². The molecule has 1 heterocycles. The number of nitrogens with one attached hydrogen (secondary N) is 1. The number of likely N-dealkylation sites (tertiary alicyclic amines) is 1. The first-order chi connectivity index (χ1) is 14.1. The second-order valence-corrected chi connectivity index (χ2v) is 6.88. The van der Waals surface area contributed by atoms with Gasteiger partial charge in [-0.05, 0) is 55.8 Å². The van der Waals surface area contributed by atoms with Crippen LogP contribution < -0.4 is 14.8 Å². The van der Waals surface area contributed by atoms with E-state index in [0.29, 0.717) is 12.3 Å². The lowest BCUT2D eigenvalue weighted by molar-refractivity contribution is -0.384. The van der Waals surface area contributed by atoms with E-state index in [1.54, 1.807) is 7.11 Å². The van der Waals surface area contributed by atoms with Crippen molar-refractivity contribution < 1.29 is 19.2 Å². The van der Waals surface area contributed by atoms with Crippen LogP contribution in [0, 0.1) is 10.1 Å². The number of carbonyl (C=O) groups is 1. The van der Waals surface area contributed by atoms with Gasteiger partial charge in [-0.2, -0.15) is 0 Å². The highest BCUT2D eigenvalue weighted by atomic mass is 16.6. The lowest BCUT2D eigenvalue weighted by atomic mass is 10.1. The topological polar surface area (TPSA) is 93.9 Å². The van der Waals surface area contributed by atoms with Crippen LogP contribution in [0.25, 0.3) is 0 Å². The number of rotatable bonds is 9. The largest absolute Gasteiger partial charge is 0.497 e. The molecule has 0 aromatic heterocycles. The number of methoxy groups -OCH3 is 1. The van der Waals surface area contributed by atoms with Crippen LogP contribution in [0.15, 0.2) is 48.5 Å². The summed E-state index contributed by atoms with van der Waals surface area (Å²) in [6.45, 7) is 2.35. The summed E-state index contributed by atoms with van der Waals surface area (Å²) in [6, 6.07) is 13.7. The molecule has 3 rings (SSSR count). The average molecular weight is 399 g/mol. The molecular formula is C21H25N3O5. The third-order valence-corrected chi connectivity index (χ3v) is 4.99. The van der Waals surface area contributed by atoms with E-state index in [1.165, 1.54) is 24.3 Å². The fraction of sp³-hybridized carbons (Fsp3) is 0.381. The van der Waals surface area contributed by atoms with E-state index in [1.807, 2.05) is 24.3 Å². The van der Waals surface area contributed by atoms with Crippen LogP contribution in [0.4, 0.5) is 5.69 Å². The second kappa shape index (κ2) is 9.88. The Balaban J connectivity index is 1.55. The van der Waals surface area contributed by atoms with Crippen molar-refractivity contribution in [3.63, 3.8) is 0 Å². The molecule has 1 aliphatic heterocycles. The number of nitrogens with zero attached hydrogens (tertiary/aromatic N) is 2. The minimum Gasteiger partial charge on any atom is -0.497 e. The molecule has 0 aliphatic carbocycles. The summed E-state index contributed by atoms with van der Waals surface area (Å²) in [4.78, 5) is 24.8. The van der Waals surface area contributed by atoms with Gasteiger partial charge in [0.05, 0.1) is 18.1 Å². The number of amides is 1. The minimum atomic E-state index is -0.478. The molecule has 8 heteroatoms. The number of non-ortho nitro benzene ring substituents is 1. The summed E-state index contributed by atoms with van der Waals surface area (Å²) in [5.74, 6) is 0.979. The first kappa shape index (κ1) is 20.6. The van der Waals surface area contributed by atoms with Crippen molar-refractivity contribution >= 4 is 11.6 Å². The number of benzene rings is 2. The van der Waals surface area contributed by atoms with Gasteiger partial charge in [-0.1, -0.05) is 12.1 Å². The molecule has 1 amide bonds. The van der Waals surface area contributed by atoms with Gasteiger partial charge in [-0.3, -0.25) is 19.8 Å². The van der Waals surface area contributed by atoms with Crippen LogP contribution in [0.1, 0.15) is 24.4 Å². The number of nitro groups is 1. The molecule has 0 saturated carbocycles. The van der Waals surface area contributed by atoms with E-state index < -0.39 is 4.92 Å². The summed E-state index contributed by atoms with van der Waals surface area (Å²) in [5.41, 5.74) is 1.11. The summed E-state index contributed by atoms with van der Waals surface area (Å²) in [6.07, 6.45) is 2.31. The summed E-state index contributed by atoms with van der Waals surface area (Å²) < 4.78 is 10.7. The highest BCUT2D eigenvalue weighted by Gasteiger charge is 2.24. The SMILES string of the molecule is COc1ccc(C(CNC(=O)COc2ccc([N+](=O)[O-])cc2)N2CCCC2)cc1. The zero-order chi connectivity index (χ0) is 20.6. The van der Waals surface area contributed by atoms with Gasteiger partial charge < -0.3 is 14.8 Å². The first-order valence-corrected chi connectivity index (χ1v) is 9.59. The standard InChI is InChI=1S/C21H25N3O5/c1-28-18-8-4-16(5-9-18)20(23-12-2-3-13-23)14-22-21(25)15-29-19-10-6-17(7-11-19)24(26)27/h4-11,20H,2-3,12-15H2,1H3,(H,22,25). The first-order valence-electron chi connectivity index (χ1n) is 9.59. The Morgan fingerprint density at radius 2 is 1.72 bits per heavy atom. The molecule has 1 unspecified atom stereocenters. The van der Waals surface area contributed by atoms with E-state index in [9.17, 15) is 14.9 Å². The monoisotopic (exact) mass is 399 g/mol. The zero-order valence-electron chi connectivity index (χ0n) is 16.4. The number of nitro benzene ring substituents is 1. The molecule has 2 aromatic carbocycles. The molecular weight excluding hydrogens is 374 g/mol. The predicted molar refractivity (Wildman–Crippen MR) is 108 cm³/mol. The molecule has 1 saturated heterocycles. The van der Waals surface area contributed by atoms with Crippen LogP contribution in [0.5, 0.6) is 11.5 Å². The molecule has 0 radical (unpaired) electrons. The second-order valence-electron chi connectivity index (χ2n) is 6.88. The molecule has 1 atom stereocenters. The fourth-order valence-corrected chi connectivity index (χ4v) is 3.41. The molecule has 29 heavy (non-hydrogen) atoms. The third kappa shape index (κ3) is 5.68. The van der Waals surface area contributed by atoms with Gasteiger partial charge in [0.25, 0.3) is 11.6 Å². The van der Waals surface area contributed by atoms with Crippen LogP contribution in [0.2, 0.25) is 0 Å². The van der Waals surface area contributed by atoms with Gasteiger partial charge in [-0.15, -0.1) is 0 Å². The van der Waals surface area contributed by atoms with Gasteiger partial charge in [0.1, 0.15) is 11.5 Å². The van der Waals surface area contributed by atoms with Crippen molar-refractivity contribution in [1.82, 2.24) is 10.2 Å². The quantitative estimate of drug-likeness (QED) is 0.515. The molecule has 0 spiro atoms. The zero-order valence-corrected chi connectivity index (χ0v) is 16.4. The van der Waals surface area contributed by atoms with Gasteiger partial charge in [0, 0.05) is 18.7 Å². The fourth-order valence-electron chi connectivity index (χ4n) is 3.41. The van der Waals surface area contributed by atoms with Crippen LogP contribution >= 0.6 is 0 Å². The van der Waals surface area contributed by atoms with Crippen LogP contribution in [0.3, 0.4) is 0 Å². The summed E-state index contributed by atoms with van der Waals surface area (Å²) >= 11 is 0. The van der Waals surface area contributed by atoms with Crippen molar-refractivity contribution in [3.05, 3.63) is 64.2 Å². The number of ether oxygens (including phenoxy) is 2. The molecule has 2 aromatic rings. The van der Waals surface area contributed by atoms with Crippen molar-refractivity contribution in [2.24, 2.45) is 0 Å². The Morgan fingerprint density at radius 1 is 1.10 bits per heavy atom. The van der Waals surface area contributed by atoms with Gasteiger partial charge in [-0.25, -0.2) is 0 Å². The van der Waals surface area contributed by atoms with Crippen LogP contribution in [-0.4, -0.2) is 49.1 Å². The maximum atomic E-state index is 12.3. The highest BCUT2D eigenvalue weighted by Crippen LogP contribution is 2.26. The Labute approximate surface area is 169 Å². The van der Waals surface area contributed by atoms with E-state index in [2.05, 4.69) is 10.2 Å². The molecule has 1 fully saturated rings. The maximum absolute atomic E-state index is 12.3. The van der Waals surface area contributed by atoms with Crippen molar-refractivity contribution in [1.29, 1.82) is 0 Å². The number of carbonyl (C=O) groups excluding carboxylic acids is 1.